The summed E-state index contributed by atoms with van der Waals surface area (Å²) in [5.74, 6) is 0.970. The number of pyridine rings is 10. The maximum atomic E-state index is 13.7. The summed E-state index contributed by atoms with van der Waals surface area (Å²) < 4.78 is 16.3. The number of aryl methyl sites for hydroxylation is 1. The van der Waals surface area contributed by atoms with Crippen LogP contribution in [0, 0.1) is 0 Å². The molecule has 3 aliphatic carbocycles. The number of aliphatic hydroxyl groups is 2. The van der Waals surface area contributed by atoms with E-state index < -0.39 is 0 Å². The van der Waals surface area contributed by atoms with Crippen LogP contribution in [0.2, 0.25) is 0 Å². The highest BCUT2D eigenvalue weighted by Crippen LogP contribution is 2.40. The van der Waals surface area contributed by atoms with Crippen molar-refractivity contribution in [2.24, 2.45) is 11.5 Å². The monoisotopic (exact) mass is 1870 g/mol. The minimum Gasteiger partial charge on any atom is -0.395 e. The van der Waals surface area contributed by atoms with Gasteiger partial charge in [-0.25, -0.2) is 0 Å². The Morgan fingerprint density at radius 2 is 0.564 bits per heavy atom. The van der Waals surface area contributed by atoms with Gasteiger partial charge in [0.2, 0.25) is 21.7 Å². The Morgan fingerprint density at radius 1 is 0.293 bits per heavy atom. The van der Waals surface area contributed by atoms with Crippen LogP contribution in [0.3, 0.4) is 0 Å². The molecule has 0 atom stereocenters. The fourth-order valence-electron chi connectivity index (χ4n) is 20.5. The number of benzene rings is 9. The van der Waals surface area contributed by atoms with Crippen molar-refractivity contribution in [2.75, 3.05) is 26.3 Å². The molecule has 0 spiro atoms. The molecule has 19 aromatic rings. The Bertz CT molecular complexity index is 8230. The van der Waals surface area contributed by atoms with Crippen LogP contribution in [0.25, 0.3) is 127 Å². The van der Waals surface area contributed by atoms with Crippen LogP contribution >= 0.6 is 0 Å². The zero-order chi connectivity index (χ0) is 97.8. The maximum Gasteiger partial charge on any atom is 0.268 e. The van der Waals surface area contributed by atoms with Crippen LogP contribution in [0.1, 0.15) is 169 Å². The molecule has 0 aliphatic heterocycles. The molecule has 3 aliphatic rings. The normalized spacial score (nSPS) is 13.3. The van der Waals surface area contributed by atoms with Crippen molar-refractivity contribution >= 4 is 98.1 Å². The zero-order valence-corrected chi connectivity index (χ0v) is 79.5. The van der Waals surface area contributed by atoms with Crippen LogP contribution in [-0.4, -0.2) is 82.6 Å². The van der Waals surface area contributed by atoms with Crippen LogP contribution in [0.5, 0.6) is 0 Å². The number of aromatic nitrogens is 10. The number of aliphatic hydroxyl groups excluding tert-OH is 2. The standard InChI is InChI=1S/C24H23N3O2.C24H22N2O3.C23H23N3O2.C23H22N2O3.C22H24N2O2/c25-13-14-26-19-12-5-4-11-18(19)23(28)22-21(26)15-20(16-7-6-8-16)27(24(22)29)17-9-2-1-3-10-17;27-14-13-25-19-12-5-4-11-18(19)23(28)22-21(25)15-20(16-7-6-8-16)26(24(22)29)17-9-2-1-3-10-17;1-15(2)19-14-20-21(23(28)26(19)16-8-4-3-5-9-16)22(27)17-10-6-7-11-18(17)25(20)13-12-24;1-15(2)19-14-20-21(23(28)25(19)16-8-4-3-5-9-16)22(27)17-10-6-7-11-18(17)24(20)12-13-26;1-14(2)19-13-18-20(22(26)24(19)15-9-5-3-6-10-15)21(25)16-11-7-4-8-12-17(16)23-18/h1-5,9-12,15-16H,6-8,13-14,25H2;1-5,9-12,15-16,27H,6-8,13-14H2;3-11,14-15H,12-13,24H2,1-2H3;3-11,14-15,26H,12-13H2,1-2H3;3,5-6,9-10,13-14H,4,7-8,11-12H2,1-2H3,(H,23,25). The van der Waals surface area contributed by atoms with E-state index in [1.54, 1.807) is 59.2 Å². The van der Waals surface area contributed by atoms with Gasteiger partial charge in [0.25, 0.3) is 27.8 Å². The Labute approximate surface area is 805 Å². The summed E-state index contributed by atoms with van der Waals surface area (Å²) >= 11 is 0. The quantitative estimate of drug-likeness (QED) is 0.0394. The summed E-state index contributed by atoms with van der Waals surface area (Å²) in [5, 5.41) is 22.4. The van der Waals surface area contributed by atoms with Crippen molar-refractivity contribution < 1.29 is 10.2 Å². The number of H-pyrrole nitrogens is 1. The number of rotatable bonds is 18. The number of hydrogen-bond donors (Lipinski definition) is 5. The number of para-hydroxylation sites is 9. The molecule has 10 heterocycles. The molecule has 0 bridgehead atoms. The van der Waals surface area contributed by atoms with E-state index in [4.69, 9.17) is 11.5 Å². The Balaban J connectivity index is 0.000000116. The average Bonchev–Trinajstić information content (AvgIpc) is 0.788. The predicted octanol–water partition coefficient (Wildman–Crippen LogP) is 18.0. The van der Waals surface area contributed by atoms with Crippen molar-refractivity contribution in [2.45, 2.75) is 168 Å². The van der Waals surface area contributed by atoms with Crippen molar-refractivity contribution in [3.8, 4) is 28.4 Å². The number of nitrogens with zero attached hydrogens (tertiary/aromatic N) is 9. The van der Waals surface area contributed by atoms with Gasteiger partial charge < -0.3 is 44.9 Å². The molecular weight excluding hydrogens is 1750 g/mol. The van der Waals surface area contributed by atoms with Crippen molar-refractivity contribution in [3.05, 3.63) is 422 Å². The first kappa shape index (κ1) is 95.0. The average molecular weight is 1870 g/mol. The number of nitrogens with two attached hydrogens (primary N) is 2. The fourth-order valence-corrected chi connectivity index (χ4v) is 20.5. The minimum atomic E-state index is -0.324. The lowest BCUT2D eigenvalue weighted by Gasteiger charge is -2.29. The number of fused-ring (bicyclic) bond motifs is 10. The van der Waals surface area contributed by atoms with Gasteiger partial charge in [-0.05, 0) is 220 Å². The van der Waals surface area contributed by atoms with Crippen LogP contribution < -0.4 is 66.4 Å². The van der Waals surface area contributed by atoms with Crippen molar-refractivity contribution in [1.82, 2.24) is 46.1 Å². The van der Waals surface area contributed by atoms with Crippen molar-refractivity contribution in [3.63, 3.8) is 0 Å². The van der Waals surface area contributed by atoms with E-state index >= 15 is 0 Å². The van der Waals surface area contributed by atoms with Gasteiger partial charge in [-0.1, -0.05) is 200 Å². The second kappa shape index (κ2) is 41.1. The summed E-state index contributed by atoms with van der Waals surface area (Å²) in [4.78, 5) is 138. The topological polar surface area (TPSA) is 323 Å². The number of nitrogens with one attached hydrogen (secondary N) is 1. The number of hydrogen-bond acceptors (Lipinski definition) is 14. The highest BCUT2D eigenvalue weighted by molar-refractivity contribution is 5.97. The minimum absolute atomic E-state index is 0.0670. The second-order valence-corrected chi connectivity index (χ2v) is 37.3. The Kier molecular flexibility index (Phi) is 27.9. The van der Waals surface area contributed by atoms with E-state index in [0.717, 1.165) is 154 Å². The third kappa shape index (κ3) is 17.7. The lowest BCUT2D eigenvalue weighted by Crippen LogP contribution is -2.31. The van der Waals surface area contributed by atoms with Gasteiger partial charge in [-0.15, -0.1) is 0 Å². The molecule has 10 aromatic heterocycles. The molecule has 24 heteroatoms. The lowest BCUT2D eigenvalue weighted by atomic mass is 9.82. The highest BCUT2D eigenvalue weighted by Gasteiger charge is 2.32. The molecule has 140 heavy (non-hydrogen) atoms. The molecular formula is C116H114N12O12. The summed E-state index contributed by atoms with van der Waals surface area (Å²) in [6.07, 6.45) is 11.4. The number of aromatic amines is 1. The molecule has 0 unspecified atom stereocenters. The Morgan fingerprint density at radius 3 is 0.864 bits per heavy atom. The Hall–Kier alpha value is -15.3. The summed E-state index contributed by atoms with van der Waals surface area (Å²) in [6.45, 7) is 14.7. The van der Waals surface area contributed by atoms with Gasteiger partial charge in [0.1, 0.15) is 26.9 Å². The maximum absolute atomic E-state index is 13.7. The lowest BCUT2D eigenvalue weighted by molar-refractivity contribution is 0.279. The first-order valence-electron chi connectivity index (χ1n) is 48.6. The third-order valence-corrected chi connectivity index (χ3v) is 27.7. The van der Waals surface area contributed by atoms with Crippen molar-refractivity contribution in [1.29, 1.82) is 0 Å². The molecule has 2 saturated carbocycles. The molecule has 0 saturated heterocycles. The largest absolute Gasteiger partial charge is 0.395 e. The predicted molar refractivity (Wildman–Crippen MR) is 564 cm³/mol. The van der Waals surface area contributed by atoms with Gasteiger partial charge in [0, 0.05) is 129 Å². The SMILES string of the molecule is CC(C)c1cc2[nH]c3c(c(=O)c2c(=O)n1-c1ccccc1)CCCCC3.CC(C)c1cc2c(c(=O)c3ccccc3n2CCN)c(=O)n1-c1ccccc1.CC(C)c1cc2c(c(=O)c3ccccc3n2CCO)c(=O)n1-c1ccccc1.NCCn1c2ccccc2c(=O)c2c(=O)n(-c3ccccc3)c(C3CCC3)cc21.O=c1c2ccccc2n(CCO)c2cc(C3CCC3)n(-c3ccccc3)c(=O)c12. The summed E-state index contributed by atoms with van der Waals surface area (Å²) in [6, 6.07) is 86.9. The van der Waals surface area contributed by atoms with E-state index in [2.05, 4.69) is 24.9 Å². The van der Waals surface area contributed by atoms with E-state index in [-0.39, 0.29) is 107 Å². The van der Waals surface area contributed by atoms with E-state index in [9.17, 15) is 58.2 Å². The highest BCUT2D eigenvalue weighted by atomic mass is 16.3. The molecule has 710 valence electrons. The molecule has 0 amide bonds. The van der Waals surface area contributed by atoms with Crippen LogP contribution in [-0.2, 0) is 39.0 Å². The van der Waals surface area contributed by atoms with Gasteiger partial charge >= 0.3 is 0 Å². The van der Waals surface area contributed by atoms with Gasteiger partial charge in [-0.3, -0.25) is 70.8 Å². The zero-order valence-electron chi connectivity index (χ0n) is 79.5. The van der Waals surface area contributed by atoms with Crippen LogP contribution in [0.4, 0.5) is 0 Å². The van der Waals surface area contributed by atoms with E-state index in [0.29, 0.717) is 106 Å². The van der Waals surface area contributed by atoms with E-state index in [1.807, 2.05) is 283 Å². The molecule has 2 fully saturated rings. The van der Waals surface area contributed by atoms with Gasteiger partial charge in [0.15, 0.2) is 5.43 Å². The third-order valence-electron chi connectivity index (χ3n) is 27.7. The first-order valence-corrected chi connectivity index (χ1v) is 48.6. The smallest absolute Gasteiger partial charge is 0.268 e. The van der Waals surface area contributed by atoms with E-state index in [1.165, 1.54) is 6.42 Å². The second-order valence-electron chi connectivity index (χ2n) is 37.3. The van der Waals surface area contributed by atoms with Gasteiger partial charge in [0.05, 0.1) is 62.9 Å². The molecule has 24 nitrogen and oxygen atoms in total. The molecule has 7 N–H and O–H groups in total. The van der Waals surface area contributed by atoms with Gasteiger partial charge in [-0.2, -0.15) is 0 Å². The molecule has 0 radical (unpaired) electrons. The molecule has 22 rings (SSSR count). The summed E-state index contributed by atoms with van der Waals surface area (Å²) in [7, 11) is 0. The summed E-state index contributed by atoms with van der Waals surface area (Å²) in [5.41, 5.74) is 25.9. The van der Waals surface area contributed by atoms with Crippen LogP contribution in [0.15, 0.2) is 327 Å². The first-order chi connectivity index (χ1) is 68.1. The molecule has 9 aromatic carbocycles. The fraction of sp³-hybridized carbons (Fsp3) is 0.259.